The minimum absolute atomic E-state index is 0. The van der Waals surface area contributed by atoms with Crippen molar-refractivity contribution in [3.05, 3.63) is 28.8 Å². The van der Waals surface area contributed by atoms with Crippen LogP contribution in [0.15, 0.2) is 23.2 Å². The van der Waals surface area contributed by atoms with Crippen LogP contribution in [0.4, 0.5) is 0 Å². The van der Waals surface area contributed by atoms with Gasteiger partial charge in [0.25, 0.3) is 0 Å². The highest BCUT2D eigenvalue weighted by molar-refractivity contribution is 14.0. The first-order chi connectivity index (χ1) is 11.1. The van der Waals surface area contributed by atoms with Gasteiger partial charge >= 0.3 is 0 Å². The van der Waals surface area contributed by atoms with Gasteiger partial charge in [0.1, 0.15) is 5.75 Å². The molecular weight excluding hydrogens is 443 g/mol. The summed E-state index contributed by atoms with van der Waals surface area (Å²) in [4.78, 5) is 15.8. The number of hydrogen-bond acceptors (Lipinski definition) is 3. The summed E-state index contributed by atoms with van der Waals surface area (Å²) in [5, 5.41) is 10.1. The smallest absolute Gasteiger partial charge is 0.220 e. The normalized spacial score (nSPS) is 17.5. The maximum absolute atomic E-state index is 11.2. The van der Waals surface area contributed by atoms with Crippen molar-refractivity contribution in [3.63, 3.8) is 0 Å². The molecule has 1 atom stereocenters. The molecule has 0 bridgehead atoms. The number of nitrogens with zero attached hydrogens (tertiary/aromatic N) is 1. The third-order valence-electron chi connectivity index (χ3n) is 3.61. The highest BCUT2D eigenvalue weighted by Crippen LogP contribution is 2.23. The van der Waals surface area contributed by atoms with Gasteiger partial charge in [-0.15, -0.1) is 24.0 Å². The summed E-state index contributed by atoms with van der Waals surface area (Å²) in [6.45, 7) is 3.88. The average Bonchev–Trinajstić information content (AvgIpc) is 2.55. The minimum Gasteiger partial charge on any atom is -0.496 e. The lowest BCUT2D eigenvalue weighted by Crippen LogP contribution is -2.51. The molecule has 0 aromatic heterocycles. The van der Waals surface area contributed by atoms with Crippen LogP contribution in [0.1, 0.15) is 25.3 Å². The largest absolute Gasteiger partial charge is 0.496 e. The Morgan fingerprint density at radius 3 is 2.92 bits per heavy atom. The van der Waals surface area contributed by atoms with Gasteiger partial charge in [-0.05, 0) is 25.5 Å². The zero-order valence-corrected chi connectivity index (χ0v) is 17.0. The van der Waals surface area contributed by atoms with Crippen molar-refractivity contribution in [1.29, 1.82) is 0 Å². The highest BCUT2D eigenvalue weighted by Gasteiger charge is 2.18. The van der Waals surface area contributed by atoms with Crippen LogP contribution in [0.5, 0.6) is 5.75 Å². The van der Waals surface area contributed by atoms with Crippen molar-refractivity contribution < 1.29 is 9.53 Å². The van der Waals surface area contributed by atoms with Crippen LogP contribution >= 0.6 is 35.6 Å². The number of carbonyl (C=O) groups excluding carboxylic acids is 1. The fourth-order valence-electron chi connectivity index (χ4n) is 2.38. The number of amides is 1. The maximum atomic E-state index is 11.2. The number of halogens is 2. The summed E-state index contributed by atoms with van der Waals surface area (Å²) >= 11 is 5.97. The first kappa shape index (κ1) is 20.8. The molecule has 1 unspecified atom stereocenters. The van der Waals surface area contributed by atoms with E-state index in [1.54, 1.807) is 13.2 Å². The minimum atomic E-state index is 0. The summed E-state index contributed by atoms with van der Waals surface area (Å²) < 4.78 is 5.34. The number of hydrogen-bond donors (Lipinski definition) is 3. The van der Waals surface area contributed by atoms with E-state index in [2.05, 4.69) is 20.9 Å². The molecule has 1 amide bonds. The van der Waals surface area contributed by atoms with Crippen LogP contribution < -0.4 is 20.7 Å². The number of methoxy groups -OCH3 is 1. The molecule has 2 rings (SSSR count). The second kappa shape index (κ2) is 10.6. The maximum Gasteiger partial charge on any atom is 0.220 e. The van der Waals surface area contributed by atoms with E-state index >= 15 is 0 Å². The van der Waals surface area contributed by atoms with Crippen LogP contribution in [0, 0.1) is 0 Å². The number of benzene rings is 1. The van der Waals surface area contributed by atoms with E-state index in [0.29, 0.717) is 24.5 Å². The van der Waals surface area contributed by atoms with Crippen LogP contribution in [-0.4, -0.2) is 38.1 Å². The number of guanidine groups is 1. The Morgan fingerprint density at radius 1 is 1.50 bits per heavy atom. The van der Waals surface area contributed by atoms with E-state index < -0.39 is 0 Å². The lowest BCUT2D eigenvalue weighted by molar-refractivity contribution is -0.122. The van der Waals surface area contributed by atoms with E-state index in [-0.39, 0.29) is 35.9 Å². The van der Waals surface area contributed by atoms with E-state index in [1.807, 2.05) is 19.1 Å². The van der Waals surface area contributed by atoms with Crippen LogP contribution in [0.2, 0.25) is 5.02 Å². The van der Waals surface area contributed by atoms with Gasteiger partial charge in [0.05, 0.1) is 13.7 Å². The fourth-order valence-corrected chi connectivity index (χ4v) is 2.54. The predicted molar refractivity (Wildman–Crippen MR) is 107 cm³/mol. The average molecular weight is 467 g/mol. The molecule has 1 aliphatic rings. The van der Waals surface area contributed by atoms with Gasteiger partial charge in [-0.25, -0.2) is 4.99 Å². The van der Waals surface area contributed by atoms with Crippen molar-refractivity contribution in [1.82, 2.24) is 16.0 Å². The standard InChI is InChI=1S/C16H23ClN4O2.HI/c1-3-18-16(21-13-6-7-15(22)19-10-13)20-9-11-4-5-12(17)8-14(11)23-2;/h4-5,8,13H,3,6-7,9-10H2,1-2H3,(H,19,22)(H2,18,20,21);1H. The van der Waals surface area contributed by atoms with E-state index in [4.69, 9.17) is 16.3 Å². The molecule has 0 spiro atoms. The number of rotatable bonds is 5. The van der Waals surface area contributed by atoms with E-state index in [0.717, 1.165) is 30.2 Å². The van der Waals surface area contributed by atoms with E-state index in [1.165, 1.54) is 0 Å². The molecule has 1 aromatic rings. The third kappa shape index (κ3) is 6.35. The van der Waals surface area contributed by atoms with Crippen LogP contribution in [0.25, 0.3) is 0 Å². The lowest BCUT2D eigenvalue weighted by atomic mass is 10.1. The topological polar surface area (TPSA) is 74.8 Å². The quantitative estimate of drug-likeness (QED) is 0.354. The molecule has 1 saturated heterocycles. The Labute approximate surface area is 164 Å². The molecule has 8 heteroatoms. The van der Waals surface area contributed by atoms with Crippen molar-refractivity contribution in [2.75, 3.05) is 20.2 Å². The lowest BCUT2D eigenvalue weighted by Gasteiger charge is -2.25. The molecule has 0 aliphatic carbocycles. The molecule has 24 heavy (non-hydrogen) atoms. The van der Waals surface area contributed by atoms with E-state index in [9.17, 15) is 4.79 Å². The zero-order valence-electron chi connectivity index (χ0n) is 13.9. The Kier molecular flexibility index (Phi) is 9.20. The monoisotopic (exact) mass is 466 g/mol. The first-order valence-corrected chi connectivity index (χ1v) is 8.14. The number of piperidine rings is 1. The second-order valence-corrected chi connectivity index (χ2v) is 5.77. The van der Waals surface area contributed by atoms with Crippen LogP contribution in [0.3, 0.4) is 0 Å². The van der Waals surface area contributed by atoms with Crippen molar-refractivity contribution >= 4 is 47.4 Å². The fraction of sp³-hybridized carbons (Fsp3) is 0.500. The summed E-state index contributed by atoms with van der Waals surface area (Å²) in [5.41, 5.74) is 0.964. The van der Waals surface area contributed by atoms with Crippen molar-refractivity contribution in [3.8, 4) is 5.75 Å². The molecule has 1 aliphatic heterocycles. The number of nitrogens with one attached hydrogen (secondary N) is 3. The summed E-state index contributed by atoms with van der Waals surface area (Å²) in [7, 11) is 1.62. The summed E-state index contributed by atoms with van der Waals surface area (Å²) in [5.74, 6) is 1.56. The molecule has 1 aromatic carbocycles. The van der Waals surface area contributed by atoms with Gasteiger partial charge in [0.15, 0.2) is 5.96 Å². The van der Waals surface area contributed by atoms with Crippen molar-refractivity contribution in [2.45, 2.75) is 32.4 Å². The van der Waals surface area contributed by atoms with Gasteiger partial charge in [-0.1, -0.05) is 17.7 Å². The molecule has 1 heterocycles. The second-order valence-electron chi connectivity index (χ2n) is 5.34. The number of aliphatic imine (C=N–C) groups is 1. The van der Waals surface area contributed by atoms with Crippen molar-refractivity contribution in [2.24, 2.45) is 4.99 Å². The van der Waals surface area contributed by atoms with Crippen LogP contribution in [-0.2, 0) is 11.3 Å². The van der Waals surface area contributed by atoms with Gasteiger partial charge in [-0.3, -0.25) is 4.79 Å². The van der Waals surface area contributed by atoms with Gasteiger partial charge in [0, 0.05) is 36.1 Å². The Balaban J connectivity index is 0.00000288. The first-order valence-electron chi connectivity index (χ1n) is 7.76. The zero-order chi connectivity index (χ0) is 16.7. The molecule has 6 nitrogen and oxygen atoms in total. The Morgan fingerprint density at radius 2 is 2.29 bits per heavy atom. The highest BCUT2D eigenvalue weighted by atomic mass is 127. The molecule has 1 fully saturated rings. The van der Waals surface area contributed by atoms with Gasteiger partial charge in [-0.2, -0.15) is 0 Å². The predicted octanol–water partition coefficient (Wildman–Crippen LogP) is 2.30. The molecule has 0 radical (unpaired) electrons. The van der Waals surface area contributed by atoms with Gasteiger partial charge < -0.3 is 20.7 Å². The molecule has 3 N–H and O–H groups in total. The molecule has 134 valence electrons. The summed E-state index contributed by atoms with van der Waals surface area (Å²) in [6.07, 6.45) is 1.35. The Bertz CT molecular complexity index is 573. The molecule has 0 saturated carbocycles. The number of ether oxygens (including phenoxy) is 1. The summed E-state index contributed by atoms with van der Waals surface area (Å²) in [6, 6.07) is 5.71. The Hall–Kier alpha value is -1.22. The van der Waals surface area contributed by atoms with Gasteiger partial charge in [0.2, 0.25) is 5.91 Å². The number of carbonyl (C=O) groups is 1. The third-order valence-corrected chi connectivity index (χ3v) is 3.84. The molecular formula is C16H24ClIN4O2. The SMILES string of the molecule is CCNC(=NCc1ccc(Cl)cc1OC)NC1CCC(=O)NC1.I.